The van der Waals surface area contributed by atoms with Crippen LogP contribution in [0.1, 0.15) is 28.8 Å². The Labute approximate surface area is 150 Å². The van der Waals surface area contributed by atoms with Gasteiger partial charge in [0.05, 0.1) is 0 Å². The zero-order chi connectivity index (χ0) is 18.9. The molecule has 5 nitrogen and oxygen atoms in total. The van der Waals surface area contributed by atoms with Gasteiger partial charge in [-0.1, -0.05) is 18.2 Å². The number of nitrogens with one attached hydrogen (secondary N) is 1. The minimum Gasteiger partial charge on any atom is -0.337 e. The lowest BCUT2D eigenvalue weighted by atomic mass is 10.1. The van der Waals surface area contributed by atoms with Crippen LogP contribution < -0.4 is 4.72 Å². The maximum absolute atomic E-state index is 14.0. The molecule has 1 saturated carbocycles. The van der Waals surface area contributed by atoms with Crippen molar-refractivity contribution >= 4 is 15.9 Å². The Morgan fingerprint density at radius 2 is 1.85 bits per heavy atom. The van der Waals surface area contributed by atoms with Gasteiger partial charge in [-0.2, -0.15) is 0 Å². The molecule has 26 heavy (non-hydrogen) atoms. The Hall–Kier alpha value is -2.32. The monoisotopic (exact) mass is 380 g/mol. The molecule has 0 aliphatic heterocycles. The summed E-state index contributed by atoms with van der Waals surface area (Å²) in [5.41, 5.74) is 0.343. The lowest BCUT2D eigenvalue weighted by molar-refractivity contribution is 0.0783. The van der Waals surface area contributed by atoms with Gasteiger partial charge in [0, 0.05) is 30.8 Å². The number of amides is 1. The Bertz CT molecular complexity index is 943. The first-order chi connectivity index (χ1) is 12.3. The SMILES string of the molecule is CN(Cc1ccccc1F)C(=O)c1ccc(F)c(S(=O)(=O)NC2CC2)c1. The molecule has 1 amide bonds. The summed E-state index contributed by atoms with van der Waals surface area (Å²) in [6.45, 7) is 0.00525. The average Bonchev–Trinajstić information content (AvgIpc) is 3.39. The number of hydrogen-bond acceptors (Lipinski definition) is 3. The van der Waals surface area contributed by atoms with E-state index in [4.69, 9.17) is 0 Å². The zero-order valence-corrected chi connectivity index (χ0v) is 14.9. The molecular weight excluding hydrogens is 362 g/mol. The standard InChI is InChI=1S/C18H18F2N2O3S/c1-22(11-13-4-2-3-5-15(13)19)18(23)12-6-9-16(20)17(10-12)26(24,25)21-14-7-8-14/h2-6,9-10,14,21H,7-8,11H2,1H3. The quantitative estimate of drug-likeness (QED) is 0.838. The summed E-state index contributed by atoms with van der Waals surface area (Å²) in [5, 5.41) is 0. The van der Waals surface area contributed by atoms with Gasteiger partial charge >= 0.3 is 0 Å². The highest BCUT2D eigenvalue weighted by atomic mass is 32.2. The molecule has 2 aromatic carbocycles. The molecule has 0 saturated heterocycles. The van der Waals surface area contributed by atoms with E-state index in [1.807, 2.05) is 0 Å². The number of nitrogens with zero attached hydrogens (tertiary/aromatic N) is 1. The van der Waals surface area contributed by atoms with E-state index >= 15 is 0 Å². The van der Waals surface area contributed by atoms with Crippen LogP contribution in [0.25, 0.3) is 0 Å². The third kappa shape index (κ3) is 4.08. The molecular formula is C18H18F2N2O3S. The molecule has 0 atom stereocenters. The van der Waals surface area contributed by atoms with Gasteiger partial charge in [-0.25, -0.2) is 21.9 Å². The fourth-order valence-corrected chi connectivity index (χ4v) is 3.91. The van der Waals surface area contributed by atoms with Crippen molar-refractivity contribution < 1.29 is 22.0 Å². The van der Waals surface area contributed by atoms with Crippen LogP contribution in [0.2, 0.25) is 0 Å². The predicted molar refractivity (Wildman–Crippen MR) is 91.9 cm³/mol. The molecule has 3 rings (SSSR count). The van der Waals surface area contributed by atoms with Crippen molar-refractivity contribution in [1.82, 2.24) is 9.62 Å². The van der Waals surface area contributed by atoms with Gasteiger partial charge in [-0.3, -0.25) is 4.79 Å². The number of rotatable bonds is 6. The molecule has 138 valence electrons. The van der Waals surface area contributed by atoms with Crippen LogP contribution >= 0.6 is 0 Å². The van der Waals surface area contributed by atoms with Crippen molar-refractivity contribution in [2.24, 2.45) is 0 Å². The second-order valence-electron chi connectivity index (χ2n) is 6.29. The third-order valence-electron chi connectivity index (χ3n) is 4.08. The maximum Gasteiger partial charge on any atom is 0.253 e. The van der Waals surface area contributed by atoms with Crippen LogP contribution in [0, 0.1) is 11.6 Å². The lowest BCUT2D eigenvalue weighted by Gasteiger charge is -2.18. The normalized spacial score (nSPS) is 14.3. The Morgan fingerprint density at radius 3 is 2.50 bits per heavy atom. The van der Waals surface area contributed by atoms with Crippen LogP contribution in [0.15, 0.2) is 47.4 Å². The minimum absolute atomic E-state index is 0.00525. The number of sulfonamides is 1. The van der Waals surface area contributed by atoms with E-state index < -0.39 is 32.5 Å². The van der Waals surface area contributed by atoms with E-state index in [0.29, 0.717) is 18.4 Å². The number of carbonyl (C=O) groups is 1. The van der Waals surface area contributed by atoms with E-state index in [9.17, 15) is 22.0 Å². The van der Waals surface area contributed by atoms with E-state index in [1.165, 1.54) is 24.1 Å². The smallest absolute Gasteiger partial charge is 0.253 e. The molecule has 8 heteroatoms. The number of halogens is 2. The van der Waals surface area contributed by atoms with Crippen molar-refractivity contribution in [3.05, 3.63) is 65.2 Å². The van der Waals surface area contributed by atoms with Crippen LogP contribution in [0.4, 0.5) is 8.78 Å². The maximum atomic E-state index is 14.0. The number of hydrogen-bond donors (Lipinski definition) is 1. The first kappa shape index (κ1) is 18.5. The van der Waals surface area contributed by atoms with E-state index in [0.717, 1.165) is 12.1 Å². The van der Waals surface area contributed by atoms with Crippen molar-refractivity contribution in [3.8, 4) is 0 Å². The van der Waals surface area contributed by atoms with Crippen molar-refractivity contribution in [2.45, 2.75) is 30.3 Å². The predicted octanol–water partition coefficient (Wildman–Crippen LogP) is 2.68. The molecule has 0 spiro atoms. The summed E-state index contributed by atoms with van der Waals surface area (Å²) in [7, 11) is -2.56. The minimum atomic E-state index is -4.03. The Balaban J connectivity index is 1.83. The summed E-state index contributed by atoms with van der Waals surface area (Å²) in [6.07, 6.45) is 1.43. The second kappa shape index (κ2) is 7.13. The lowest BCUT2D eigenvalue weighted by Crippen LogP contribution is -2.29. The molecule has 1 aliphatic rings. The number of benzene rings is 2. The van der Waals surface area contributed by atoms with Crippen molar-refractivity contribution in [2.75, 3.05) is 7.05 Å². The van der Waals surface area contributed by atoms with Crippen LogP contribution in [-0.2, 0) is 16.6 Å². The molecule has 0 radical (unpaired) electrons. The van der Waals surface area contributed by atoms with Crippen LogP contribution in [0.3, 0.4) is 0 Å². The molecule has 1 aliphatic carbocycles. The summed E-state index contributed by atoms with van der Waals surface area (Å²) in [4.78, 5) is 13.2. The highest BCUT2D eigenvalue weighted by molar-refractivity contribution is 7.89. The van der Waals surface area contributed by atoms with Gasteiger partial charge in [0.25, 0.3) is 5.91 Å². The Morgan fingerprint density at radius 1 is 1.15 bits per heavy atom. The van der Waals surface area contributed by atoms with Crippen molar-refractivity contribution in [1.29, 1.82) is 0 Å². The average molecular weight is 380 g/mol. The van der Waals surface area contributed by atoms with Crippen molar-refractivity contribution in [3.63, 3.8) is 0 Å². The third-order valence-corrected chi connectivity index (χ3v) is 5.61. The van der Waals surface area contributed by atoms with Gasteiger partial charge in [-0.15, -0.1) is 0 Å². The topological polar surface area (TPSA) is 66.5 Å². The van der Waals surface area contributed by atoms with E-state index in [2.05, 4.69) is 4.72 Å². The zero-order valence-electron chi connectivity index (χ0n) is 14.1. The fraction of sp³-hybridized carbons (Fsp3) is 0.278. The highest BCUT2D eigenvalue weighted by Gasteiger charge is 2.30. The molecule has 0 heterocycles. The summed E-state index contributed by atoms with van der Waals surface area (Å²) in [5.74, 6) is -1.90. The van der Waals surface area contributed by atoms with Gasteiger partial charge < -0.3 is 4.90 Å². The Kier molecular flexibility index (Phi) is 5.06. The summed E-state index contributed by atoms with van der Waals surface area (Å²) in [6, 6.07) is 9.05. The van der Waals surface area contributed by atoms with Gasteiger partial charge in [0.15, 0.2) is 0 Å². The van der Waals surface area contributed by atoms with Crippen LogP contribution in [-0.4, -0.2) is 32.3 Å². The van der Waals surface area contributed by atoms with E-state index in [1.54, 1.807) is 18.2 Å². The van der Waals surface area contributed by atoms with Crippen LogP contribution in [0.5, 0.6) is 0 Å². The van der Waals surface area contributed by atoms with Gasteiger partial charge in [0.1, 0.15) is 16.5 Å². The molecule has 1 fully saturated rings. The first-order valence-corrected chi connectivity index (χ1v) is 9.57. The second-order valence-corrected chi connectivity index (χ2v) is 7.98. The van der Waals surface area contributed by atoms with E-state index in [-0.39, 0.29) is 18.2 Å². The molecule has 0 bridgehead atoms. The molecule has 1 N–H and O–H groups in total. The van der Waals surface area contributed by atoms with Gasteiger partial charge in [-0.05, 0) is 37.1 Å². The molecule has 0 unspecified atom stereocenters. The highest BCUT2D eigenvalue weighted by Crippen LogP contribution is 2.24. The largest absolute Gasteiger partial charge is 0.337 e. The summed E-state index contributed by atoms with van der Waals surface area (Å²) < 4.78 is 54.7. The van der Waals surface area contributed by atoms with Gasteiger partial charge in [0.2, 0.25) is 10.0 Å². The molecule has 0 aromatic heterocycles. The molecule has 2 aromatic rings. The number of carbonyl (C=O) groups excluding carboxylic acids is 1. The fourth-order valence-electron chi connectivity index (χ4n) is 2.50. The summed E-state index contributed by atoms with van der Waals surface area (Å²) >= 11 is 0. The first-order valence-electron chi connectivity index (χ1n) is 8.08.